The van der Waals surface area contributed by atoms with Crippen molar-refractivity contribution in [3.63, 3.8) is 0 Å². The summed E-state index contributed by atoms with van der Waals surface area (Å²) in [6.45, 7) is 6.32. The number of thioether (sulfide) groups is 1. The quantitative estimate of drug-likeness (QED) is 0.702. The maximum Gasteiger partial charge on any atom is 0.303 e. The number of carbonyl (C=O) groups is 1. The van der Waals surface area contributed by atoms with Crippen LogP contribution in [0.3, 0.4) is 0 Å². The van der Waals surface area contributed by atoms with Crippen LogP contribution in [-0.4, -0.2) is 22.0 Å². The minimum Gasteiger partial charge on any atom is -0.481 e. The molecular weight excluding hydrogens is 382 g/mol. The first kappa shape index (κ1) is 20.9. The lowest BCUT2D eigenvalue weighted by Gasteiger charge is -2.16. The van der Waals surface area contributed by atoms with Crippen molar-refractivity contribution in [1.29, 1.82) is 5.26 Å². The van der Waals surface area contributed by atoms with E-state index < -0.39 is 5.97 Å². The van der Waals surface area contributed by atoms with E-state index in [9.17, 15) is 10.1 Å². The van der Waals surface area contributed by atoms with Crippen LogP contribution in [0, 0.1) is 24.2 Å². The van der Waals surface area contributed by atoms with E-state index in [2.05, 4.69) is 26.0 Å². The molecule has 0 amide bonds. The lowest BCUT2D eigenvalue weighted by molar-refractivity contribution is -0.136. The molecule has 0 saturated heterocycles. The molecule has 0 fully saturated rings. The second-order valence-corrected chi connectivity index (χ2v) is 8.61. The average Bonchev–Trinajstić information content (AvgIpc) is 3.16. The largest absolute Gasteiger partial charge is 0.481 e. The molecular formula is C23H25N3O2S. The summed E-state index contributed by atoms with van der Waals surface area (Å²) in [7, 11) is 0. The molecule has 0 spiro atoms. The van der Waals surface area contributed by atoms with Gasteiger partial charge in [0, 0.05) is 12.0 Å². The molecule has 29 heavy (non-hydrogen) atoms. The number of carboxylic acid groups (broad SMARTS) is 1. The Morgan fingerprint density at radius 1 is 1.31 bits per heavy atom. The maximum atomic E-state index is 10.8. The van der Waals surface area contributed by atoms with Gasteiger partial charge < -0.3 is 5.11 Å². The van der Waals surface area contributed by atoms with E-state index in [1.807, 2.05) is 42.3 Å². The lowest BCUT2D eigenvalue weighted by atomic mass is 9.97. The van der Waals surface area contributed by atoms with Crippen LogP contribution in [0.5, 0.6) is 0 Å². The summed E-state index contributed by atoms with van der Waals surface area (Å²) >= 11 is 1.65. The topological polar surface area (TPSA) is 76.7 Å². The Bertz CT molecular complexity index is 992. The number of nitriles is 1. The van der Waals surface area contributed by atoms with E-state index in [1.165, 1.54) is 0 Å². The highest BCUT2D eigenvalue weighted by Crippen LogP contribution is 2.31. The zero-order valence-electron chi connectivity index (χ0n) is 17.0. The fourth-order valence-corrected chi connectivity index (χ4v) is 4.29. The van der Waals surface area contributed by atoms with E-state index >= 15 is 0 Å². The van der Waals surface area contributed by atoms with Gasteiger partial charge in [-0.15, -0.1) is 0 Å². The van der Waals surface area contributed by atoms with Gasteiger partial charge in [0.15, 0.2) is 0 Å². The van der Waals surface area contributed by atoms with Crippen molar-refractivity contribution in [2.75, 3.05) is 10.9 Å². The molecule has 3 rings (SSSR count). The molecule has 1 heterocycles. The van der Waals surface area contributed by atoms with Crippen LogP contribution in [-0.2, 0) is 17.6 Å². The van der Waals surface area contributed by atoms with Crippen LogP contribution in [0.15, 0.2) is 41.5 Å². The highest BCUT2D eigenvalue weighted by atomic mass is 32.2. The predicted octanol–water partition coefficient (Wildman–Crippen LogP) is 4.95. The fraction of sp³-hybridized carbons (Fsp3) is 0.348. The minimum atomic E-state index is -0.784. The normalized spacial score (nSPS) is 13.5. The maximum absolute atomic E-state index is 10.8. The van der Waals surface area contributed by atoms with Gasteiger partial charge in [0.1, 0.15) is 5.04 Å². The molecule has 0 aromatic heterocycles. The summed E-state index contributed by atoms with van der Waals surface area (Å²) in [5.74, 6) is 0.427. The lowest BCUT2D eigenvalue weighted by Crippen LogP contribution is -2.12. The van der Waals surface area contributed by atoms with Gasteiger partial charge in [0.05, 0.1) is 23.2 Å². The van der Waals surface area contributed by atoms with Gasteiger partial charge in [-0.3, -0.25) is 9.80 Å². The van der Waals surface area contributed by atoms with E-state index in [0.29, 0.717) is 18.2 Å². The van der Waals surface area contributed by atoms with Gasteiger partial charge in [-0.25, -0.2) is 0 Å². The van der Waals surface area contributed by atoms with Crippen molar-refractivity contribution in [2.24, 2.45) is 11.0 Å². The van der Waals surface area contributed by atoms with Gasteiger partial charge in [0.2, 0.25) is 0 Å². The summed E-state index contributed by atoms with van der Waals surface area (Å²) in [6, 6.07) is 14.4. The molecule has 0 atom stereocenters. The molecule has 0 bridgehead atoms. The van der Waals surface area contributed by atoms with Crippen molar-refractivity contribution in [3.8, 4) is 6.07 Å². The summed E-state index contributed by atoms with van der Waals surface area (Å²) < 4.78 is 0. The first-order valence-electron chi connectivity index (χ1n) is 9.71. The average molecular weight is 408 g/mol. The molecule has 1 N–H and O–H groups in total. The summed E-state index contributed by atoms with van der Waals surface area (Å²) in [5.41, 5.74) is 5.88. The Balaban J connectivity index is 1.80. The number of rotatable bonds is 7. The summed E-state index contributed by atoms with van der Waals surface area (Å²) in [5, 5.41) is 26.0. The molecule has 6 heteroatoms. The molecule has 150 valence electrons. The van der Waals surface area contributed by atoms with Gasteiger partial charge in [0.25, 0.3) is 0 Å². The molecule has 0 unspecified atom stereocenters. The molecule has 1 aliphatic rings. The fourth-order valence-electron chi connectivity index (χ4n) is 3.40. The van der Waals surface area contributed by atoms with Crippen molar-refractivity contribution >= 4 is 28.5 Å². The van der Waals surface area contributed by atoms with Crippen LogP contribution in [0.2, 0.25) is 0 Å². The monoisotopic (exact) mass is 407 g/mol. The van der Waals surface area contributed by atoms with Gasteiger partial charge in [-0.05, 0) is 54.5 Å². The van der Waals surface area contributed by atoms with Crippen LogP contribution < -0.4 is 5.01 Å². The first-order chi connectivity index (χ1) is 13.9. The summed E-state index contributed by atoms with van der Waals surface area (Å²) in [4.78, 5) is 10.8. The third-order valence-corrected chi connectivity index (χ3v) is 5.77. The number of anilines is 1. The van der Waals surface area contributed by atoms with Crippen LogP contribution in [0.25, 0.3) is 0 Å². The van der Waals surface area contributed by atoms with E-state index in [0.717, 1.165) is 45.0 Å². The minimum absolute atomic E-state index is 0.134. The van der Waals surface area contributed by atoms with Crippen molar-refractivity contribution < 1.29 is 9.90 Å². The van der Waals surface area contributed by atoms with E-state index in [1.54, 1.807) is 11.8 Å². The molecule has 0 aliphatic carbocycles. The van der Waals surface area contributed by atoms with E-state index in [-0.39, 0.29) is 6.42 Å². The predicted molar refractivity (Wildman–Crippen MR) is 118 cm³/mol. The van der Waals surface area contributed by atoms with Crippen LogP contribution in [0.4, 0.5) is 5.69 Å². The number of hydrazone groups is 1. The third-order valence-electron chi connectivity index (χ3n) is 4.81. The number of nitrogens with zero attached hydrogens (tertiary/aromatic N) is 3. The Hall–Kier alpha value is -2.78. The van der Waals surface area contributed by atoms with Crippen molar-refractivity contribution in [1.82, 2.24) is 0 Å². The van der Waals surface area contributed by atoms with Crippen molar-refractivity contribution in [3.05, 3.63) is 64.2 Å². The molecule has 0 radical (unpaired) electrons. The zero-order valence-corrected chi connectivity index (χ0v) is 17.8. The highest BCUT2D eigenvalue weighted by molar-refractivity contribution is 8.14. The smallest absolute Gasteiger partial charge is 0.303 e. The first-order valence-corrected chi connectivity index (χ1v) is 10.7. The Morgan fingerprint density at radius 2 is 2.10 bits per heavy atom. The third kappa shape index (κ3) is 5.18. The van der Waals surface area contributed by atoms with Gasteiger partial charge in [-0.2, -0.15) is 10.4 Å². The van der Waals surface area contributed by atoms with Crippen LogP contribution >= 0.6 is 11.8 Å². The molecule has 2 aromatic rings. The number of aryl methyl sites for hydroxylation is 2. The van der Waals surface area contributed by atoms with Crippen LogP contribution in [0.1, 0.15) is 48.1 Å². The van der Waals surface area contributed by atoms with Gasteiger partial charge in [-0.1, -0.05) is 49.9 Å². The number of hydrogen-bond acceptors (Lipinski definition) is 5. The number of hydrogen-bond donors (Lipinski definition) is 1. The second kappa shape index (κ2) is 9.15. The Morgan fingerprint density at radius 3 is 2.76 bits per heavy atom. The zero-order chi connectivity index (χ0) is 21.0. The Kier molecular flexibility index (Phi) is 6.60. The number of carboxylic acids is 1. The highest BCUT2D eigenvalue weighted by Gasteiger charge is 2.20. The van der Waals surface area contributed by atoms with Gasteiger partial charge >= 0.3 is 5.97 Å². The Labute approximate surface area is 176 Å². The standard InChI is InChI=1S/C23H25N3O2S/c1-15(2)10-18-6-7-19(12-20(18)13-24)23-25-26(14-29-23)21-8-4-17(11-16(21)3)5-9-22(27)28/h4,6-8,11-12,15H,5,9-10,14H2,1-3H3,(H,27,28). The second-order valence-electron chi connectivity index (χ2n) is 7.67. The number of aliphatic carboxylic acids is 1. The SMILES string of the molecule is Cc1cc(CCC(=O)O)ccc1N1CSC(c2ccc(CC(C)C)c(C#N)c2)=N1. The molecule has 0 saturated carbocycles. The van der Waals surface area contributed by atoms with E-state index in [4.69, 9.17) is 10.2 Å². The summed E-state index contributed by atoms with van der Waals surface area (Å²) in [6.07, 6.45) is 1.55. The number of benzene rings is 2. The van der Waals surface area contributed by atoms with Crippen molar-refractivity contribution in [2.45, 2.75) is 40.0 Å². The molecule has 1 aliphatic heterocycles. The molecule has 2 aromatic carbocycles. The molecule has 5 nitrogen and oxygen atoms in total.